The molecule has 1 saturated heterocycles. The van der Waals surface area contributed by atoms with Crippen LogP contribution in [0, 0.1) is 0 Å². The predicted molar refractivity (Wildman–Crippen MR) is 120 cm³/mol. The quantitative estimate of drug-likeness (QED) is 0.228. The van der Waals surface area contributed by atoms with Gasteiger partial charge in [-0.25, -0.2) is 0 Å². The van der Waals surface area contributed by atoms with Crippen LogP contribution in [0.5, 0.6) is 0 Å². The van der Waals surface area contributed by atoms with E-state index in [1.165, 1.54) is 19.3 Å². The first kappa shape index (κ1) is 22.1. The Balaban J connectivity index is 1.91. The third-order valence-electron chi connectivity index (χ3n) is 5.53. The smallest absolute Gasteiger partial charge is 0.295 e. The molecule has 158 valence electrons. The maximum atomic E-state index is 12.9. The number of hydrogen-bond donors (Lipinski definition) is 1. The molecule has 30 heavy (non-hydrogen) atoms. The summed E-state index contributed by atoms with van der Waals surface area (Å²) in [5.74, 6) is -1.35. The molecule has 3 rings (SSSR count). The highest BCUT2D eigenvalue weighted by Gasteiger charge is 2.45. The largest absolute Gasteiger partial charge is 0.507 e. The number of aliphatic hydroxyl groups is 1. The lowest BCUT2D eigenvalue weighted by atomic mass is 9.95. The highest BCUT2D eigenvalue weighted by Crippen LogP contribution is 2.39. The molecular formula is C25H28ClNO3. The Kier molecular flexibility index (Phi) is 7.69. The average molecular weight is 426 g/mol. The van der Waals surface area contributed by atoms with Gasteiger partial charge in [0.05, 0.1) is 11.6 Å². The van der Waals surface area contributed by atoms with Crippen LogP contribution in [0.25, 0.3) is 5.76 Å². The Bertz CT molecular complexity index is 906. The lowest BCUT2D eigenvalue weighted by Crippen LogP contribution is -2.30. The number of amides is 1. The summed E-state index contributed by atoms with van der Waals surface area (Å²) in [5.41, 5.74) is 1.43. The summed E-state index contributed by atoms with van der Waals surface area (Å²) in [7, 11) is 0. The molecule has 0 bridgehead atoms. The third kappa shape index (κ3) is 4.93. The molecule has 2 aromatic rings. The second-order valence-corrected chi connectivity index (χ2v) is 8.11. The van der Waals surface area contributed by atoms with Crippen molar-refractivity contribution >= 4 is 29.1 Å². The average Bonchev–Trinajstić information content (AvgIpc) is 3.01. The number of Topliss-reactive ketones (excluding diaryl/α,β-unsaturated/α-hetero) is 1. The topological polar surface area (TPSA) is 57.6 Å². The number of benzene rings is 2. The zero-order valence-electron chi connectivity index (χ0n) is 17.3. The molecule has 5 heteroatoms. The Morgan fingerprint density at radius 1 is 0.933 bits per heavy atom. The van der Waals surface area contributed by atoms with Gasteiger partial charge in [0.2, 0.25) is 0 Å². The van der Waals surface area contributed by atoms with Crippen molar-refractivity contribution in [2.75, 3.05) is 6.54 Å². The van der Waals surface area contributed by atoms with Gasteiger partial charge in [-0.05, 0) is 36.2 Å². The van der Waals surface area contributed by atoms with Crippen molar-refractivity contribution in [2.24, 2.45) is 0 Å². The van der Waals surface area contributed by atoms with Crippen LogP contribution in [0.4, 0.5) is 0 Å². The maximum Gasteiger partial charge on any atom is 0.295 e. The Morgan fingerprint density at radius 3 is 2.23 bits per heavy atom. The molecule has 1 N–H and O–H groups in total. The molecule has 0 aliphatic carbocycles. The minimum atomic E-state index is -0.637. The van der Waals surface area contributed by atoms with Crippen LogP contribution in [-0.4, -0.2) is 28.2 Å². The van der Waals surface area contributed by atoms with Crippen LogP contribution < -0.4 is 0 Å². The van der Waals surface area contributed by atoms with Crippen molar-refractivity contribution in [2.45, 2.75) is 51.5 Å². The highest BCUT2D eigenvalue weighted by molar-refractivity contribution is 6.46. The molecule has 0 spiro atoms. The molecule has 0 aromatic heterocycles. The zero-order chi connectivity index (χ0) is 21.5. The van der Waals surface area contributed by atoms with Crippen molar-refractivity contribution in [3.63, 3.8) is 0 Å². The van der Waals surface area contributed by atoms with Gasteiger partial charge in [-0.3, -0.25) is 9.59 Å². The SMILES string of the molecule is CCCCCCCCN1C(=O)C(=O)C(=C(O)c2ccc(Cl)cc2)[C@H]1c1ccccc1. The molecule has 4 nitrogen and oxygen atoms in total. The van der Waals surface area contributed by atoms with E-state index in [2.05, 4.69) is 6.92 Å². The number of unbranched alkanes of at least 4 members (excludes halogenated alkanes) is 5. The maximum absolute atomic E-state index is 12.9. The molecule has 1 amide bonds. The van der Waals surface area contributed by atoms with Crippen LogP contribution in [0.3, 0.4) is 0 Å². The highest BCUT2D eigenvalue weighted by atomic mass is 35.5. The van der Waals surface area contributed by atoms with E-state index in [9.17, 15) is 14.7 Å². The predicted octanol–water partition coefficient (Wildman–Crippen LogP) is 6.12. The Hall–Kier alpha value is -2.59. The molecule has 1 aliphatic heterocycles. The summed E-state index contributed by atoms with van der Waals surface area (Å²) < 4.78 is 0. The second kappa shape index (κ2) is 10.4. The number of rotatable bonds is 9. The van der Waals surface area contributed by atoms with Crippen molar-refractivity contribution < 1.29 is 14.7 Å². The second-order valence-electron chi connectivity index (χ2n) is 7.68. The molecule has 1 fully saturated rings. The van der Waals surface area contributed by atoms with E-state index in [4.69, 9.17) is 11.6 Å². The molecule has 0 saturated carbocycles. The number of aliphatic hydroxyl groups excluding tert-OH is 1. The fraction of sp³-hybridized carbons (Fsp3) is 0.360. The fourth-order valence-corrected chi connectivity index (χ4v) is 4.04. The van der Waals surface area contributed by atoms with Crippen LogP contribution in [0.2, 0.25) is 5.02 Å². The fourth-order valence-electron chi connectivity index (χ4n) is 3.92. The monoisotopic (exact) mass is 425 g/mol. The number of likely N-dealkylation sites (tertiary alicyclic amines) is 1. The first-order valence-electron chi connectivity index (χ1n) is 10.6. The first-order chi connectivity index (χ1) is 14.5. The van der Waals surface area contributed by atoms with Gasteiger partial charge in [0.1, 0.15) is 5.76 Å². The standard InChI is InChI=1S/C25H28ClNO3/c1-2-3-4-5-6-10-17-27-22(18-11-8-7-9-12-18)21(24(29)25(27)30)23(28)19-13-15-20(26)16-14-19/h7-9,11-16,22,28H,2-6,10,17H2,1H3/t22-/m1/s1. The van der Waals surface area contributed by atoms with Crippen LogP contribution in [-0.2, 0) is 9.59 Å². The molecule has 0 unspecified atom stereocenters. The number of ketones is 1. The van der Waals surface area contributed by atoms with Gasteiger partial charge in [0, 0.05) is 17.1 Å². The molecule has 1 heterocycles. The molecular weight excluding hydrogens is 398 g/mol. The zero-order valence-corrected chi connectivity index (χ0v) is 18.1. The van der Waals surface area contributed by atoms with Gasteiger partial charge in [-0.2, -0.15) is 0 Å². The van der Waals surface area contributed by atoms with E-state index in [0.717, 1.165) is 24.8 Å². The lowest BCUT2D eigenvalue weighted by molar-refractivity contribution is -0.139. The van der Waals surface area contributed by atoms with Crippen molar-refractivity contribution in [1.29, 1.82) is 0 Å². The normalized spacial score (nSPS) is 18.2. The van der Waals surface area contributed by atoms with Gasteiger partial charge in [-0.1, -0.05) is 81.0 Å². The molecule has 0 radical (unpaired) electrons. The minimum Gasteiger partial charge on any atom is -0.507 e. The van der Waals surface area contributed by atoms with Gasteiger partial charge in [0.25, 0.3) is 11.7 Å². The number of hydrogen-bond acceptors (Lipinski definition) is 3. The van der Waals surface area contributed by atoms with E-state index in [1.54, 1.807) is 29.2 Å². The van der Waals surface area contributed by atoms with Crippen molar-refractivity contribution in [3.05, 3.63) is 76.3 Å². The summed E-state index contributed by atoms with van der Waals surface area (Å²) >= 11 is 5.95. The van der Waals surface area contributed by atoms with Crippen LogP contribution in [0.1, 0.15) is 62.6 Å². The van der Waals surface area contributed by atoms with E-state index < -0.39 is 17.7 Å². The summed E-state index contributed by atoms with van der Waals surface area (Å²) in [4.78, 5) is 27.4. The van der Waals surface area contributed by atoms with E-state index in [0.29, 0.717) is 17.1 Å². The summed E-state index contributed by atoms with van der Waals surface area (Å²) in [6.07, 6.45) is 6.57. The van der Waals surface area contributed by atoms with Crippen molar-refractivity contribution in [1.82, 2.24) is 4.90 Å². The summed E-state index contributed by atoms with van der Waals surface area (Å²) in [6.45, 7) is 2.67. The van der Waals surface area contributed by atoms with E-state index >= 15 is 0 Å². The summed E-state index contributed by atoms with van der Waals surface area (Å²) in [5, 5.41) is 11.5. The number of halogens is 1. The molecule has 1 aliphatic rings. The van der Waals surface area contributed by atoms with Gasteiger partial charge >= 0.3 is 0 Å². The Morgan fingerprint density at radius 2 is 1.57 bits per heavy atom. The summed E-state index contributed by atoms with van der Waals surface area (Å²) in [6, 6.07) is 15.5. The van der Waals surface area contributed by atoms with Crippen molar-refractivity contribution in [3.8, 4) is 0 Å². The number of carbonyl (C=O) groups excluding carboxylic acids is 2. The van der Waals surface area contributed by atoms with E-state index in [-0.39, 0.29) is 11.3 Å². The number of carbonyl (C=O) groups is 2. The number of nitrogens with zero attached hydrogens (tertiary/aromatic N) is 1. The van der Waals surface area contributed by atoms with Gasteiger partial charge < -0.3 is 10.0 Å². The van der Waals surface area contributed by atoms with Crippen LogP contribution >= 0.6 is 11.6 Å². The van der Waals surface area contributed by atoms with Gasteiger partial charge in [0.15, 0.2) is 0 Å². The first-order valence-corrected chi connectivity index (χ1v) is 11.0. The van der Waals surface area contributed by atoms with Gasteiger partial charge in [-0.15, -0.1) is 0 Å². The lowest BCUT2D eigenvalue weighted by Gasteiger charge is -2.25. The third-order valence-corrected chi connectivity index (χ3v) is 5.78. The molecule has 2 aromatic carbocycles. The minimum absolute atomic E-state index is 0.138. The Labute approximate surface area is 183 Å². The van der Waals surface area contributed by atoms with E-state index in [1.807, 2.05) is 30.3 Å². The molecule has 1 atom stereocenters. The van der Waals surface area contributed by atoms with Crippen LogP contribution in [0.15, 0.2) is 60.2 Å².